The lowest BCUT2D eigenvalue weighted by Gasteiger charge is -2.12. The van der Waals surface area contributed by atoms with Gasteiger partial charge in [-0.3, -0.25) is 0 Å². The summed E-state index contributed by atoms with van der Waals surface area (Å²) < 4.78 is 20.0. The number of rotatable bonds is 3. The topological polar surface area (TPSA) is 73.1 Å². The van der Waals surface area contributed by atoms with Gasteiger partial charge in [0.25, 0.3) is 0 Å². The highest BCUT2D eigenvalue weighted by Crippen LogP contribution is 2.38. The van der Waals surface area contributed by atoms with Crippen molar-refractivity contribution in [1.82, 2.24) is 9.97 Å². The third kappa shape index (κ3) is 3.65. The molecule has 3 N–H and O–H groups in total. The van der Waals surface area contributed by atoms with E-state index in [1.807, 2.05) is 26.0 Å². The normalized spacial score (nSPS) is 15.0. The molecule has 1 aliphatic rings. The number of halogens is 3. The third-order valence-corrected chi connectivity index (χ3v) is 5.00. The quantitative estimate of drug-likeness (QED) is 0.576. The van der Waals surface area contributed by atoms with Gasteiger partial charge in [0.15, 0.2) is 5.82 Å². The van der Waals surface area contributed by atoms with E-state index in [0.29, 0.717) is 24.5 Å². The molecule has 0 amide bonds. The maximum Gasteiger partial charge on any atom is 0.166 e. The Morgan fingerprint density at radius 1 is 1.26 bits per heavy atom. The molecule has 1 aromatic heterocycles. The number of hydrogen-bond acceptors (Lipinski definition) is 5. The summed E-state index contributed by atoms with van der Waals surface area (Å²) in [6.45, 7) is 5.02. The highest BCUT2D eigenvalue weighted by molar-refractivity contribution is 6.42. The number of hydrogen-bond donors (Lipinski definition) is 2. The lowest BCUT2D eigenvalue weighted by atomic mass is 9.99. The SMILES string of the molecule is CC.NCC1COc2cc3ncnc(Nc4ccc(Cl)c(Cl)c4F)c3cc21. The van der Waals surface area contributed by atoms with Crippen LogP contribution in [0.5, 0.6) is 5.75 Å². The molecule has 0 radical (unpaired) electrons. The molecule has 27 heavy (non-hydrogen) atoms. The molecule has 1 aliphatic heterocycles. The number of ether oxygens (including phenoxy) is 1. The Hall–Kier alpha value is -2.15. The first-order valence-electron chi connectivity index (χ1n) is 8.60. The van der Waals surface area contributed by atoms with Gasteiger partial charge in [0.2, 0.25) is 0 Å². The predicted molar refractivity (Wildman–Crippen MR) is 108 cm³/mol. The van der Waals surface area contributed by atoms with Gasteiger partial charge in [-0.1, -0.05) is 37.0 Å². The minimum absolute atomic E-state index is 0.120. The number of nitrogens with zero attached hydrogens (tertiary/aromatic N) is 2. The number of fused-ring (bicyclic) bond motifs is 2. The van der Waals surface area contributed by atoms with E-state index in [2.05, 4.69) is 15.3 Å². The van der Waals surface area contributed by atoms with Gasteiger partial charge in [0, 0.05) is 29.5 Å². The molecular weight excluding hydrogens is 390 g/mol. The zero-order chi connectivity index (χ0) is 19.6. The van der Waals surface area contributed by atoms with E-state index < -0.39 is 5.82 Å². The molecule has 8 heteroatoms. The predicted octanol–water partition coefficient (Wildman–Crippen LogP) is 5.28. The first-order valence-corrected chi connectivity index (χ1v) is 9.36. The van der Waals surface area contributed by atoms with Crippen LogP contribution in [0.15, 0.2) is 30.6 Å². The molecule has 0 saturated heterocycles. The summed E-state index contributed by atoms with van der Waals surface area (Å²) in [5.74, 6) is 0.723. The average molecular weight is 409 g/mol. The molecule has 4 rings (SSSR count). The van der Waals surface area contributed by atoms with E-state index in [9.17, 15) is 4.39 Å². The molecule has 0 aliphatic carbocycles. The van der Waals surface area contributed by atoms with Crippen molar-refractivity contribution in [2.45, 2.75) is 19.8 Å². The summed E-state index contributed by atoms with van der Waals surface area (Å²) in [6, 6.07) is 6.82. The number of aromatic nitrogens is 2. The summed E-state index contributed by atoms with van der Waals surface area (Å²) in [5.41, 5.74) is 7.67. The third-order valence-electron chi connectivity index (χ3n) is 4.22. The number of anilines is 2. The summed E-state index contributed by atoms with van der Waals surface area (Å²) in [4.78, 5) is 8.50. The molecule has 2 aromatic carbocycles. The van der Waals surface area contributed by atoms with Gasteiger partial charge >= 0.3 is 0 Å². The minimum atomic E-state index is -0.634. The molecular formula is C19H19Cl2FN4O. The van der Waals surface area contributed by atoms with Gasteiger partial charge in [-0.25, -0.2) is 14.4 Å². The Morgan fingerprint density at radius 2 is 2.04 bits per heavy atom. The van der Waals surface area contributed by atoms with Crippen LogP contribution in [0.1, 0.15) is 25.3 Å². The van der Waals surface area contributed by atoms with Crippen molar-refractivity contribution in [3.8, 4) is 5.75 Å². The second-order valence-corrected chi connectivity index (χ2v) is 6.51. The van der Waals surface area contributed by atoms with Gasteiger partial charge < -0.3 is 15.8 Å². The van der Waals surface area contributed by atoms with Crippen LogP contribution in [0.2, 0.25) is 10.0 Å². The fraction of sp³-hybridized carbons (Fsp3) is 0.263. The standard InChI is InChI=1S/C17H13Cl2FN4O.C2H6/c18-11-1-2-12(16(20)15(11)19)24-17-10-3-9-8(5-21)6-25-14(9)4-13(10)22-7-23-17;1-2/h1-4,7-8H,5-6,21H2,(H,22,23,24);1-2H3. The molecule has 3 aromatic rings. The number of nitrogens with two attached hydrogens (primary N) is 1. The van der Waals surface area contributed by atoms with Crippen molar-refractivity contribution >= 4 is 45.6 Å². The first-order chi connectivity index (χ1) is 13.1. The van der Waals surface area contributed by atoms with Gasteiger partial charge in [-0.05, 0) is 18.2 Å². The first kappa shape index (κ1) is 19.6. The van der Waals surface area contributed by atoms with Gasteiger partial charge in [-0.15, -0.1) is 0 Å². The molecule has 2 heterocycles. The second kappa shape index (κ2) is 8.25. The molecule has 1 atom stereocenters. The summed E-state index contributed by atoms with van der Waals surface area (Å²) in [7, 11) is 0. The van der Waals surface area contributed by atoms with Crippen LogP contribution in [0, 0.1) is 5.82 Å². The molecule has 142 valence electrons. The van der Waals surface area contributed by atoms with E-state index in [1.54, 1.807) is 0 Å². The van der Waals surface area contributed by atoms with E-state index in [-0.39, 0.29) is 21.7 Å². The molecule has 0 saturated carbocycles. The molecule has 5 nitrogen and oxygen atoms in total. The monoisotopic (exact) mass is 408 g/mol. The Balaban J connectivity index is 0.00000102. The number of benzene rings is 2. The van der Waals surface area contributed by atoms with Gasteiger partial charge in [-0.2, -0.15) is 0 Å². The van der Waals surface area contributed by atoms with E-state index in [1.165, 1.54) is 18.5 Å². The van der Waals surface area contributed by atoms with Crippen LogP contribution in [0.4, 0.5) is 15.9 Å². The van der Waals surface area contributed by atoms with Crippen molar-refractivity contribution < 1.29 is 9.13 Å². The van der Waals surface area contributed by atoms with Crippen LogP contribution < -0.4 is 15.8 Å². The molecule has 0 fully saturated rings. The zero-order valence-corrected chi connectivity index (χ0v) is 16.4. The number of nitrogens with one attached hydrogen (secondary N) is 1. The lowest BCUT2D eigenvalue weighted by Crippen LogP contribution is -2.13. The lowest BCUT2D eigenvalue weighted by molar-refractivity contribution is 0.333. The second-order valence-electron chi connectivity index (χ2n) is 5.72. The zero-order valence-electron chi connectivity index (χ0n) is 14.9. The highest BCUT2D eigenvalue weighted by atomic mass is 35.5. The van der Waals surface area contributed by atoms with E-state index >= 15 is 0 Å². The van der Waals surface area contributed by atoms with Crippen LogP contribution >= 0.6 is 23.2 Å². The Kier molecular flexibility index (Phi) is 5.99. The largest absolute Gasteiger partial charge is 0.493 e. The van der Waals surface area contributed by atoms with Crippen molar-refractivity contribution in [2.75, 3.05) is 18.5 Å². The maximum absolute atomic E-state index is 14.3. The molecule has 0 spiro atoms. The Morgan fingerprint density at radius 3 is 2.78 bits per heavy atom. The fourth-order valence-electron chi connectivity index (χ4n) is 2.87. The van der Waals surface area contributed by atoms with Crippen LogP contribution in [0.25, 0.3) is 10.9 Å². The average Bonchev–Trinajstić information content (AvgIpc) is 3.10. The Bertz CT molecular complexity index is 984. The minimum Gasteiger partial charge on any atom is -0.493 e. The maximum atomic E-state index is 14.3. The Labute approximate surface area is 166 Å². The summed E-state index contributed by atoms with van der Waals surface area (Å²) >= 11 is 11.7. The van der Waals surface area contributed by atoms with E-state index in [4.69, 9.17) is 33.7 Å². The van der Waals surface area contributed by atoms with Gasteiger partial charge in [0.05, 0.1) is 27.9 Å². The van der Waals surface area contributed by atoms with Crippen molar-refractivity contribution in [2.24, 2.45) is 5.73 Å². The fourth-order valence-corrected chi connectivity index (χ4v) is 3.18. The van der Waals surface area contributed by atoms with Crippen molar-refractivity contribution in [3.63, 3.8) is 0 Å². The van der Waals surface area contributed by atoms with E-state index in [0.717, 1.165) is 16.7 Å². The van der Waals surface area contributed by atoms with Crippen LogP contribution in [-0.4, -0.2) is 23.1 Å². The van der Waals surface area contributed by atoms with Crippen LogP contribution in [-0.2, 0) is 0 Å². The smallest absolute Gasteiger partial charge is 0.166 e. The van der Waals surface area contributed by atoms with Crippen molar-refractivity contribution in [3.05, 3.63) is 52.0 Å². The highest BCUT2D eigenvalue weighted by Gasteiger charge is 2.24. The van der Waals surface area contributed by atoms with Crippen LogP contribution in [0.3, 0.4) is 0 Å². The summed E-state index contributed by atoms with van der Waals surface area (Å²) in [5, 5.41) is 3.73. The summed E-state index contributed by atoms with van der Waals surface area (Å²) in [6.07, 6.45) is 1.40. The van der Waals surface area contributed by atoms with Crippen molar-refractivity contribution in [1.29, 1.82) is 0 Å². The van der Waals surface area contributed by atoms with Gasteiger partial charge in [0.1, 0.15) is 17.9 Å². The molecule has 1 unspecified atom stereocenters. The molecule has 0 bridgehead atoms.